The summed E-state index contributed by atoms with van der Waals surface area (Å²) in [5.74, 6) is -0.173. The smallest absolute Gasteiger partial charge is 0.349 e. The Balaban J connectivity index is 1.85. The second-order valence-corrected chi connectivity index (χ2v) is 8.05. The summed E-state index contributed by atoms with van der Waals surface area (Å²) < 4.78 is 1.52. The standard InChI is InChI=1S/C22H32ClN7O3/c23-17-8-6-16(7-9-17)20(31)28-19-10-15-30(22(33)29-19)14-2-5-18(26-13-3-11-24)4-1-12-27-21(25)32/h6-10,15,18,26H,1-5,11-14,24H2,(H3,25,27,32)(H,28,29,31,33)/t18-/m0/s1. The molecule has 0 aliphatic carbocycles. The van der Waals surface area contributed by atoms with Gasteiger partial charge in [0, 0.05) is 35.9 Å². The minimum absolute atomic E-state index is 0.194. The maximum atomic E-state index is 12.4. The third-order valence-corrected chi connectivity index (χ3v) is 5.27. The normalized spacial score (nSPS) is 11.7. The SMILES string of the molecule is NCCCN[C@@H](CCCNC(N)=O)CCCn1ccc(NC(=O)c2ccc(Cl)cc2)nc1=O. The minimum Gasteiger partial charge on any atom is -0.352 e. The molecule has 0 bridgehead atoms. The van der Waals surface area contributed by atoms with Crippen molar-refractivity contribution >= 4 is 29.4 Å². The van der Waals surface area contributed by atoms with Gasteiger partial charge in [-0.15, -0.1) is 0 Å². The van der Waals surface area contributed by atoms with Gasteiger partial charge in [-0.2, -0.15) is 4.98 Å². The predicted molar refractivity (Wildman–Crippen MR) is 129 cm³/mol. The van der Waals surface area contributed by atoms with Crippen molar-refractivity contribution in [2.24, 2.45) is 11.5 Å². The number of nitrogens with one attached hydrogen (secondary N) is 3. The minimum atomic E-state index is -0.526. The Hall–Kier alpha value is -2.95. The second kappa shape index (κ2) is 14.2. The number of rotatable bonds is 14. The Labute approximate surface area is 198 Å². The lowest BCUT2D eigenvalue weighted by Crippen LogP contribution is -2.34. The fourth-order valence-electron chi connectivity index (χ4n) is 3.28. The average Bonchev–Trinajstić information content (AvgIpc) is 2.78. The van der Waals surface area contributed by atoms with Gasteiger partial charge in [0.05, 0.1) is 0 Å². The molecule has 11 heteroatoms. The maximum absolute atomic E-state index is 12.4. The predicted octanol–water partition coefficient (Wildman–Crippen LogP) is 1.68. The first-order chi connectivity index (χ1) is 15.9. The number of anilines is 1. The molecule has 7 N–H and O–H groups in total. The van der Waals surface area contributed by atoms with E-state index in [0.29, 0.717) is 30.2 Å². The summed E-state index contributed by atoms with van der Waals surface area (Å²) >= 11 is 5.83. The van der Waals surface area contributed by atoms with Crippen LogP contribution in [0.1, 0.15) is 42.5 Å². The van der Waals surface area contributed by atoms with E-state index in [0.717, 1.165) is 38.6 Å². The average molecular weight is 478 g/mol. The lowest BCUT2D eigenvalue weighted by Gasteiger charge is -2.19. The van der Waals surface area contributed by atoms with Gasteiger partial charge in [0.2, 0.25) is 0 Å². The van der Waals surface area contributed by atoms with Crippen LogP contribution in [0.2, 0.25) is 5.02 Å². The number of nitrogens with two attached hydrogens (primary N) is 2. The first-order valence-corrected chi connectivity index (χ1v) is 11.4. The number of carbonyl (C=O) groups excluding carboxylic acids is 2. The summed E-state index contributed by atoms with van der Waals surface area (Å²) in [5, 5.41) is 9.22. The number of carbonyl (C=O) groups is 2. The Bertz CT molecular complexity index is 950. The monoisotopic (exact) mass is 477 g/mol. The van der Waals surface area contributed by atoms with E-state index in [2.05, 4.69) is 20.9 Å². The highest BCUT2D eigenvalue weighted by Gasteiger charge is 2.10. The molecule has 3 amide bonds. The van der Waals surface area contributed by atoms with Gasteiger partial charge in [-0.25, -0.2) is 9.59 Å². The van der Waals surface area contributed by atoms with Gasteiger partial charge in [-0.1, -0.05) is 11.6 Å². The van der Waals surface area contributed by atoms with Crippen LogP contribution in [0.5, 0.6) is 0 Å². The number of hydrogen-bond donors (Lipinski definition) is 5. The molecular formula is C22H32ClN7O3. The fourth-order valence-corrected chi connectivity index (χ4v) is 3.41. The van der Waals surface area contributed by atoms with Crippen molar-refractivity contribution in [3.05, 3.63) is 57.6 Å². The Morgan fingerprint density at radius 3 is 2.45 bits per heavy atom. The maximum Gasteiger partial charge on any atom is 0.349 e. The van der Waals surface area contributed by atoms with E-state index < -0.39 is 11.7 Å². The number of amides is 3. The summed E-state index contributed by atoms with van der Waals surface area (Å²) in [5.41, 5.74) is 10.7. The molecule has 10 nitrogen and oxygen atoms in total. The van der Waals surface area contributed by atoms with Gasteiger partial charge in [0.15, 0.2) is 0 Å². The quantitative estimate of drug-likeness (QED) is 0.260. The van der Waals surface area contributed by atoms with Crippen LogP contribution in [-0.4, -0.2) is 47.2 Å². The van der Waals surface area contributed by atoms with Gasteiger partial charge < -0.3 is 27.4 Å². The number of aromatic nitrogens is 2. The molecule has 0 spiro atoms. The van der Waals surface area contributed by atoms with Gasteiger partial charge >= 0.3 is 11.7 Å². The molecule has 0 saturated carbocycles. The molecule has 1 heterocycles. The van der Waals surface area contributed by atoms with Crippen molar-refractivity contribution in [2.75, 3.05) is 25.0 Å². The molecule has 0 radical (unpaired) electrons. The number of benzene rings is 1. The van der Waals surface area contributed by atoms with Crippen LogP contribution in [0.3, 0.4) is 0 Å². The summed E-state index contributed by atoms with van der Waals surface area (Å²) in [6.07, 6.45) is 5.79. The van der Waals surface area contributed by atoms with E-state index in [-0.39, 0.29) is 17.8 Å². The zero-order valence-electron chi connectivity index (χ0n) is 18.6. The summed E-state index contributed by atoms with van der Waals surface area (Å²) in [4.78, 5) is 39.4. The summed E-state index contributed by atoms with van der Waals surface area (Å²) in [6, 6.07) is 7.75. The molecule has 0 saturated heterocycles. The molecule has 2 rings (SSSR count). The van der Waals surface area contributed by atoms with E-state index in [4.69, 9.17) is 23.1 Å². The van der Waals surface area contributed by atoms with Crippen LogP contribution in [0, 0.1) is 0 Å². The molecule has 0 aliphatic rings. The largest absolute Gasteiger partial charge is 0.352 e. The second-order valence-electron chi connectivity index (χ2n) is 7.62. The number of primary amides is 1. The lowest BCUT2D eigenvalue weighted by molar-refractivity contribution is 0.102. The van der Waals surface area contributed by atoms with Crippen LogP contribution in [-0.2, 0) is 6.54 Å². The van der Waals surface area contributed by atoms with Crippen molar-refractivity contribution in [3.8, 4) is 0 Å². The summed E-state index contributed by atoms with van der Waals surface area (Å²) in [6.45, 7) is 2.46. The van der Waals surface area contributed by atoms with Gasteiger partial charge in [0.25, 0.3) is 5.91 Å². The van der Waals surface area contributed by atoms with Crippen molar-refractivity contribution < 1.29 is 9.59 Å². The third-order valence-electron chi connectivity index (χ3n) is 5.02. The first kappa shape index (κ1) is 26.3. The van der Waals surface area contributed by atoms with E-state index >= 15 is 0 Å². The highest BCUT2D eigenvalue weighted by Crippen LogP contribution is 2.11. The van der Waals surface area contributed by atoms with Crippen LogP contribution in [0.25, 0.3) is 0 Å². The van der Waals surface area contributed by atoms with Gasteiger partial charge in [-0.05, 0) is 75.5 Å². The molecule has 1 aromatic heterocycles. The van der Waals surface area contributed by atoms with Crippen molar-refractivity contribution in [1.82, 2.24) is 20.2 Å². The molecule has 0 aliphatic heterocycles. The van der Waals surface area contributed by atoms with Crippen molar-refractivity contribution in [2.45, 2.75) is 44.7 Å². The summed E-state index contributed by atoms with van der Waals surface area (Å²) in [7, 11) is 0. The highest BCUT2D eigenvalue weighted by atomic mass is 35.5. The molecule has 0 unspecified atom stereocenters. The molecule has 33 heavy (non-hydrogen) atoms. The van der Waals surface area contributed by atoms with Crippen LogP contribution in [0.15, 0.2) is 41.3 Å². The van der Waals surface area contributed by atoms with Crippen molar-refractivity contribution in [3.63, 3.8) is 0 Å². The fraction of sp³-hybridized carbons (Fsp3) is 0.455. The molecule has 0 fully saturated rings. The van der Waals surface area contributed by atoms with Crippen molar-refractivity contribution in [1.29, 1.82) is 0 Å². The van der Waals surface area contributed by atoms with Gasteiger partial charge in [-0.3, -0.25) is 9.36 Å². The third kappa shape index (κ3) is 10.0. The zero-order valence-corrected chi connectivity index (χ0v) is 19.3. The molecule has 2 aromatic rings. The molecular weight excluding hydrogens is 446 g/mol. The van der Waals surface area contributed by atoms with E-state index in [1.165, 1.54) is 4.57 Å². The van der Waals surface area contributed by atoms with E-state index in [9.17, 15) is 14.4 Å². The van der Waals surface area contributed by atoms with Gasteiger partial charge in [0.1, 0.15) is 5.82 Å². The Morgan fingerprint density at radius 2 is 1.79 bits per heavy atom. The van der Waals surface area contributed by atoms with Crippen LogP contribution < -0.4 is 33.1 Å². The number of halogens is 1. The molecule has 1 aromatic carbocycles. The lowest BCUT2D eigenvalue weighted by atomic mass is 10.1. The van der Waals surface area contributed by atoms with E-state index in [1.54, 1.807) is 36.5 Å². The number of urea groups is 1. The first-order valence-electron chi connectivity index (χ1n) is 11.0. The number of aryl methyl sites for hydroxylation is 1. The van der Waals surface area contributed by atoms with E-state index in [1.807, 2.05) is 0 Å². The zero-order chi connectivity index (χ0) is 24.1. The molecule has 180 valence electrons. The number of nitrogens with zero attached hydrogens (tertiary/aromatic N) is 2. The van der Waals surface area contributed by atoms with Crippen LogP contribution >= 0.6 is 11.6 Å². The number of hydrogen-bond acceptors (Lipinski definition) is 6. The Kier molecular flexibility index (Phi) is 11.4. The Morgan fingerprint density at radius 1 is 1.06 bits per heavy atom. The highest BCUT2D eigenvalue weighted by molar-refractivity contribution is 6.30. The van der Waals surface area contributed by atoms with Crippen LogP contribution in [0.4, 0.5) is 10.6 Å². The molecule has 1 atom stereocenters. The topological polar surface area (TPSA) is 157 Å².